The summed E-state index contributed by atoms with van der Waals surface area (Å²) in [5.74, 6) is -1.80. The van der Waals surface area contributed by atoms with E-state index in [1.54, 1.807) is 0 Å². The number of aromatic carboxylic acids is 1. The Labute approximate surface area is 125 Å². The number of nitrogens with one attached hydrogen (secondary N) is 1. The van der Waals surface area contributed by atoms with Crippen molar-refractivity contribution in [3.63, 3.8) is 0 Å². The molecule has 3 rings (SSSR count). The SMILES string of the molecule is CN1CCN(c2nc3[nH]cc(C(=O)O)c(=O)c3cc2F)CC1. The smallest absolute Gasteiger partial charge is 0.341 e. The molecule has 2 aromatic rings. The summed E-state index contributed by atoms with van der Waals surface area (Å²) in [7, 11) is 1.99. The lowest BCUT2D eigenvalue weighted by Crippen LogP contribution is -2.45. The Morgan fingerprint density at radius 2 is 2.05 bits per heavy atom. The van der Waals surface area contributed by atoms with Crippen molar-refractivity contribution in [1.29, 1.82) is 0 Å². The fourth-order valence-electron chi connectivity index (χ4n) is 2.51. The van der Waals surface area contributed by atoms with Gasteiger partial charge in [0.1, 0.15) is 11.2 Å². The van der Waals surface area contributed by atoms with Crippen molar-refractivity contribution in [2.45, 2.75) is 0 Å². The van der Waals surface area contributed by atoms with Gasteiger partial charge in [-0.15, -0.1) is 0 Å². The summed E-state index contributed by atoms with van der Waals surface area (Å²) in [4.78, 5) is 33.8. The number of H-pyrrole nitrogens is 1. The molecule has 22 heavy (non-hydrogen) atoms. The predicted octanol–water partition coefficient (Wildman–Crippen LogP) is 0.512. The number of aromatic amines is 1. The highest BCUT2D eigenvalue weighted by Crippen LogP contribution is 2.21. The fourth-order valence-corrected chi connectivity index (χ4v) is 2.51. The van der Waals surface area contributed by atoms with E-state index in [9.17, 15) is 14.0 Å². The van der Waals surface area contributed by atoms with Crippen LogP contribution in [0.4, 0.5) is 10.2 Å². The molecule has 0 spiro atoms. The van der Waals surface area contributed by atoms with Gasteiger partial charge < -0.3 is 19.9 Å². The number of aromatic nitrogens is 2. The van der Waals surface area contributed by atoms with E-state index in [4.69, 9.17) is 5.11 Å². The molecule has 0 aromatic carbocycles. The van der Waals surface area contributed by atoms with Gasteiger partial charge in [0.15, 0.2) is 11.6 Å². The first kappa shape index (κ1) is 14.5. The molecule has 1 saturated heterocycles. The van der Waals surface area contributed by atoms with Crippen LogP contribution in [0.3, 0.4) is 0 Å². The molecule has 0 bridgehead atoms. The van der Waals surface area contributed by atoms with Crippen molar-refractivity contribution in [2.75, 3.05) is 38.1 Å². The van der Waals surface area contributed by atoms with Gasteiger partial charge in [-0.1, -0.05) is 0 Å². The quantitative estimate of drug-likeness (QED) is 0.840. The molecule has 0 unspecified atom stereocenters. The Balaban J connectivity index is 2.08. The average Bonchev–Trinajstić information content (AvgIpc) is 2.48. The van der Waals surface area contributed by atoms with Crippen LogP contribution in [0.1, 0.15) is 10.4 Å². The summed E-state index contributed by atoms with van der Waals surface area (Å²) in [6.07, 6.45) is 1.09. The number of carbonyl (C=O) groups is 1. The maximum absolute atomic E-state index is 14.3. The highest BCUT2D eigenvalue weighted by molar-refractivity contribution is 5.91. The molecule has 0 saturated carbocycles. The van der Waals surface area contributed by atoms with Crippen molar-refractivity contribution in [2.24, 2.45) is 0 Å². The van der Waals surface area contributed by atoms with Crippen molar-refractivity contribution in [3.05, 3.63) is 33.9 Å². The molecule has 0 aliphatic carbocycles. The number of nitrogens with zero attached hydrogens (tertiary/aromatic N) is 3. The van der Waals surface area contributed by atoms with Crippen molar-refractivity contribution >= 4 is 22.8 Å². The van der Waals surface area contributed by atoms with Crippen LogP contribution < -0.4 is 10.3 Å². The van der Waals surface area contributed by atoms with E-state index < -0.39 is 22.8 Å². The van der Waals surface area contributed by atoms with Gasteiger partial charge in [0.2, 0.25) is 5.43 Å². The maximum atomic E-state index is 14.3. The second kappa shape index (κ2) is 5.38. The number of anilines is 1. The molecule has 2 aromatic heterocycles. The van der Waals surface area contributed by atoms with Crippen molar-refractivity contribution < 1.29 is 14.3 Å². The summed E-state index contributed by atoms with van der Waals surface area (Å²) in [6.45, 7) is 2.88. The minimum Gasteiger partial charge on any atom is -0.477 e. The third-order valence-electron chi connectivity index (χ3n) is 3.83. The molecular weight excluding hydrogens is 291 g/mol. The zero-order valence-corrected chi connectivity index (χ0v) is 12.0. The van der Waals surface area contributed by atoms with Crippen LogP contribution in [0.25, 0.3) is 11.0 Å². The third kappa shape index (κ3) is 2.41. The fraction of sp³-hybridized carbons (Fsp3) is 0.357. The molecule has 116 valence electrons. The normalized spacial score (nSPS) is 16.2. The highest BCUT2D eigenvalue weighted by atomic mass is 19.1. The van der Waals surface area contributed by atoms with E-state index in [1.165, 1.54) is 0 Å². The van der Waals surface area contributed by atoms with E-state index in [1.807, 2.05) is 11.9 Å². The first-order chi connectivity index (χ1) is 10.5. The average molecular weight is 306 g/mol. The van der Waals surface area contributed by atoms with Gasteiger partial charge in [0.05, 0.1) is 5.39 Å². The molecule has 8 heteroatoms. The van der Waals surface area contributed by atoms with Crippen molar-refractivity contribution in [3.8, 4) is 0 Å². The van der Waals surface area contributed by atoms with Gasteiger partial charge in [-0.05, 0) is 13.1 Å². The number of likely N-dealkylation sites (N-methyl/N-ethyl adjacent to an activating group) is 1. The zero-order valence-electron chi connectivity index (χ0n) is 12.0. The lowest BCUT2D eigenvalue weighted by Gasteiger charge is -2.33. The van der Waals surface area contributed by atoms with Gasteiger partial charge in [-0.25, -0.2) is 14.2 Å². The highest BCUT2D eigenvalue weighted by Gasteiger charge is 2.21. The third-order valence-corrected chi connectivity index (χ3v) is 3.83. The van der Waals surface area contributed by atoms with Crippen molar-refractivity contribution in [1.82, 2.24) is 14.9 Å². The lowest BCUT2D eigenvalue weighted by molar-refractivity contribution is 0.0695. The van der Waals surface area contributed by atoms with Gasteiger partial charge in [-0.2, -0.15) is 0 Å². The van der Waals surface area contributed by atoms with Gasteiger partial charge >= 0.3 is 5.97 Å². The van der Waals surface area contributed by atoms with E-state index in [-0.39, 0.29) is 16.9 Å². The molecule has 7 nitrogen and oxygen atoms in total. The number of hydrogen-bond donors (Lipinski definition) is 2. The number of rotatable bonds is 2. The minimum absolute atomic E-state index is 0.0599. The Hall–Kier alpha value is -2.48. The van der Waals surface area contributed by atoms with E-state index in [2.05, 4.69) is 14.9 Å². The summed E-state index contributed by atoms with van der Waals surface area (Å²) in [5.41, 5.74) is -0.982. The largest absolute Gasteiger partial charge is 0.477 e. The monoisotopic (exact) mass is 306 g/mol. The first-order valence-electron chi connectivity index (χ1n) is 6.86. The number of halogens is 1. The topological polar surface area (TPSA) is 89.5 Å². The summed E-state index contributed by atoms with van der Waals surface area (Å²) < 4.78 is 14.3. The van der Waals surface area contributed by atoms with Crippen LogP contribution in [0.2, 0.25) is 0 Å². The van der Waals surface area contributed by atoms with Crippen LogP contribution in [-0.4, -0.2) is 59.2 Å². The van der Waals surface area contributed by atoms with Crippen LogP contribution >= 0.6 is 0 Å². The molecule has 1 aliphatic rings. The molecule has 1 fully saturated rings. The maximum Gasteiger partial charge on any atom is 0.341 e. The molecule has 0 amide bonds. The Morgan fingerprint density at radius 3 is 2.68 bits per heavy atom. The number of carboxylic acid groups (broad SMARTS) is 1. The van der Waals surface area contributed by atoms with Gasteiger partial charge in [-0.3, -0.25) is 4.79 Å². The summed E-state index contributed by atoms with van der Waals surface area (Å²) in [6, 6.07) is 1.06. The number of piperazine rings is 1. The molecule has 0 atom stereocenters. The Morgan fingerprint density at radius 1 is 1.36 bits per heavy atom. The standard InChI is InChI=1S/C14H15FN4O3/c1-18-2-4-19(5-3-18)13-10(15)6-8-11(20)9(14(21)22)7-16-12(8)17-13/h6-7H,2-5H2,1H3,(H,21,22)(H,16,17,20). The molecule has 0 radical (unpaired) electrons. The van der Waals surface area contributed by atoms with Crippen LogP contribution in [-0.2, 0) is 0 Å². The van der Waals surface area contributed by atoms with E-state index >= 15 is 0 Å². The summed E-state index contributed by atoms with van der Waals surface area (Å²) >= 11 is 0. The number of hydrogen-bond acceptors (Lipinski definition) is 5. The molecular formula is C14H15FN4O3. The summed E-state index contributed by atoms with van der Waals surface area (Å²) in [5, 5.41) is 8.87. The van der Waals surface area contributed by atoms with E-state index in [0.29, 0.717) is 13.1 Å². The minimum atomic E-state index is -1.35. The van der Waals surface area contributed by atoms with Crippen LogP contribution in [0.15, 0.2) is 17.1 Å². The first-order valence-corrected chi connectivity index (χ1v) is 6.86. The Bertz CT molecular complexity index is 797. The van der Waals surface area contributed by atoms with E-state index in [0.717, 1.165) is 25.4 Å². The zero-order chi connectivity index (χ0) is 15.9. The number of pyridine rings is 2. The van der Waals surface area contributed by atoms with Gasteiger partial charge in [0, 0.05) is 32.4 Å². The Kier molecular flexibility index (Phi) is 3.53. The lowest BCUT2D eigenvalue weighted by atomic mass is 10.2. The predicted molar refractivity (Wildman–Crippen MR) is 79.0 cm³/mol. The molecule has 2 N–H and O–H groups in total. The van der Waals surface area contributed by atoms with Crippen LogP contribution in [0.5, 0.6) is 0 Å². The molecule has 1 aliphatic heterocycles. The second-order valence-corrected chi connectivity index (χ2v) is 5.32. The van der Waals surface area contributed by atoms with Crippen LogP contribution in [0, 0.1) is 5.82 Å². The molecule has 3 heterocycles. The second-order valence-electron chi connectivity index (χ2n) is 5.32. The number of fused-ring (bicyclic) bond motifs is 1. The van der Waals surface area contributed by atoms with Gasteiger partial charge in [0.25, 0.3) is 0 Å². The number of carboxylic acids is 1.